The van der Waals surface area contributed by atoms with Crippen LogP contribution in [0.1, 0.15) is 0 Å². The van der Waals surface area contributed by atoms with Crippen molar-refractivity contribution in [1.29, 1.82) is 0 Å². The summed E-state index contributed by atoms with van der Waals surface area (Å²) in [6.45, 7) is 0. The number of hydrogen-bond acceptors (Lipinski definition) is 6. The molecule has 186 valence electrons. The molecule has 9 heteroatoms. The van der Waals surface area contributed by atoms with Crippen LogP contribution in [0.4, 0.5) is 5.69 Å². The van der Waals surface area contributed by atoms with Gasteiger partial charge in [0, 0.05) is 17.4 Å². The van der Waals surface area contributed by atoms with Crippen LogP contribution >= 0.6 is 11.8 Å². The summed E-state index contributed by atoms with van der Waals surface area (Å²) in [4.78, 5) is 34.4. The molecule has 0 aliphatic rings. The van der Waals surface area contributed by atoms with Crippen LogP contribution in [0, 0.1) is 0 Å². The number of hydrogen-bond donors (Lipinski definition) is 2. The van der Waals surface area contributed by atoms with Crippen molar-refractivity contribution in [3.8, 4) is 28.3 Å². The van der Waals surface area contributed by atoms with E-state index in [2.05, 4.69) is 10.3 Å². The Morgan fingerprint density at radius 2 is 1.59 bits per heavy atom. The Hall–Kier alpha value is -4.50. The van der Waals surface area contributed by atoms with E-state index in [1.807, 2.05) is 30.3 Å². The average molecular weight is 513 g/mol. The molecule has 0 aliphatic carbocycles. The summed E-state index contributed by atoms with van der Waals surface area (Å²) in [6, 6.07) is 24.0. The molecule has 0 aliphatic heterocycles. The van der Waals surface area contributed by atoms with Gasteiger partial charge in [-0.15, -0.1) is 0 Å². The fraction of sp³-hybridized carbons (Fsp3) is 0.107. The molecule has 2 aromatic heterocycles. The molecule has 0 radical (unpaired) electrons. The molecule has 8 nitrogen and oxygen atoms in total. The highest BCUT2D eigenvalue weighted by molar-refractivity contribution is 7.99. The number of rotatable bonds is 8. The third-order valence-corrected chi connectivity index (χ3v) is 6.73. The van der Waals surface area contributed by atoms with Crippen molar-refractivity contribution in [2.75, 3.05) is 25.3 Å². The molecule has 3 aromatic carbocycles. The largest absolute Gasteiger partial charge is 0.497 e. The molecule has 0 saturated heterocycles. The number of H-pyrrole nitrogens is 1. The van der Waals surface area contributed by atoms with Crippen LogP contribution < -0.4 is 20.3 Å². The van der Waals surface area contributed by atoms with Crippen LogP contribution in [0.5, 0.6) is 11.5 Å². The van der Waals surface area contributed by atoms with Crippen molar-refractivity contribution in [2.24, 2.45) is 0 Å². The van der Waals surface area contributed by atoms with Crippen LogP contribution in [0.15, 0.2) is 95.0 Å². The van der Waals surface area contributed by atoms with Gasteiger partial charge in [-0.3, -0.25) is 14.2 Å². The molecule has 0 atom stereocenters. The Morgan fingerprint density at radius 3 is 2.24 bits per heavy atom. The van der Waals surface area contributed by atoms with E-state index in [0.29, 0.717) is 39.1 Å². The maximum atomic E-state index is 13.7. The number of carbonyl (C=O) groups is 1. The number of benzene rings is 3. The predicted molar refractivity (Wildman–Crippen MR) is 146 cm³/mol. The Balaban J connectivity index is 1.52. The zero-order chi connectivity index (χ0) is 25.8. The molecule has 1 amide bonds. The van der Waals surface area contributed by atoms with E-state index in [1.165, 1.54) is 16.3 Å². The fourth-order valence-corrected chi connectivity index (χ4v) is 4.74. The van der Waals surface area contributed by atoms with Gasteiger partial charge in [0.05, 0.1) is 25.7 Å². The number of anilines is 1. The van der Waals surface area contributed by atoms with Gasteiger partial charge in [-0.05, 0) is 54.1 Å². The van der Waals surface area contributed by atoms with E-state index < -0.39 is 0 Å². The van der Waals surface area contributed by atoms with Crippen molar-refractivity contribution >= 4 is 34.4 Å². The Bertz CT molecular complexity index is 1590. The van der Waals surface area contributed by atoms with E-state index in [-0.39, 0.29) is 17.2 Å². The van der Waals surface area contributed by atoms with Gasteiger partial charge in [0.15, 0.2) is 5.16 Å². The second kappa shape index (κ2) is 10.6. The Morgan fingerprint density at radius 1 is 0.946 bits per heavy atom. The topological polar surface area (TPSA) is 98.2 Å². The monoisotopic (exact) mass is 512 g/mol. The lowest BCUT2D eigenvalue weighted by Crippen LogP contribution is -2.23. The van der Waals surface area contributed by atoms with Crippen molar-refractivity contribution in [3.05, 3.63) is 95.4 Å². The minimum absolute atomic E-state index is 0.0607. The zero-order valence-corrected chi connectivity index (χ0v) is 21.0. The number of thioether (sulfide) groups is 1. The summed E-state index contributed by atoms with van der Waals surface area (Å²) >= 11 is 1.19. The average Bonchev–Trinajstić information content (AvgIpc) is 3.37. The Labute approximate surface area is 217 Å². The van der Waals surface area contributed by atoms with Gasteiger partial charge < -0.3 is 19.8 Å². The predicted octanol–water partition coefficient (Wildman–Crippen LogP) is 5.13. The highest BCUT2D eigenvalue weighted by Gasteiger charge is 2.19. The third kappa shape index (κ3) is 5.07. The van der Waals surface area contributed by atoms with E-state index in [9.17, 15) is 9.59 Å². The molecule has 5 aromatic rings. The summed E-state index contributed by atoms with van der Waals surface area (Å²) in [5.74, 6) is 1.22. The quantitative estimate of drug-likeness (QED) is 0.221. The lowest BCUT2D eigenvalue weighted by atomic mass is 10.1. The van der Waals surface area contributed by atoms with Crippen molar-refractivity contribution < 1.29 is 14.3 Å². The van der Waals surface area contributed by atoms with E-state index in [1.54, 1.807) is 68.9 Å². The number of nitrogens with zero attached hydrogens (tertiary/aromatic N) is 2. The number of aromatic nitrogens is 3. The first kappa shape index (κ1) is 24.2. The van der Waals surface area contributed by atoms with Crippen LogP contribution in [-0.4, -0.2) is 40.4 Å². The summed E-state index contributed by atoms with van der Waals surface area (Å²) in [5.41, 5.74) is 3.72. The first-order valence-electron chi connectivity index (χ1n) is 11.5. The summed E-state index contributed by atoms with van der Waals surface area (Å²) < 4.78 is 11.9. The normalized spacial score (nSPS) is 10.9. The molecule has 0 saturated carbocycles. The number of aromatic amines is 1. The summed E-state index contributed by atoms with van der Waals surface area (Å²) in [7, 11) is 3.17. The molecule has 5 rings (SSSR count). The first-order chi connectivity index (χ1) is 18.1. The second-order valence-electron chi connectivity index (χ2n) is 8.09. The van der Waals surface area contributed by atoms with Gasteiger partial charge in [0.1, 0.15) is 22.5 Å². The molecule has 0 fully saturated rings. The standard InChI is InChI=1S/C28H24N4O4S/c1-35-21-12-8-19(9-13-21)30-24(33)17-37-28-31-25-23(18-6-4-3-5-7-18)16-29-26(25)27(34)32(28)20-10-14-22(36-2)15-11-20/h3-16,29H,17H2,1-2H3,(H,30,33). The van der Waals surface area contributed by atoms with Gasteiger partial charge in [-0.2, -0.15) is 0 Å². The molecule has 37 heavy (non-hydrogen) atoms. The van der Waals surface area contributed by atoms with Gasteiger partial charge in [0.2, 0.25) is 5.91 Å². The van der Waals surface area contributed by atoms with E-state index in [0.717, 1.165) is 11.1 Å². The molecule has 2 N–H and O–H groups in total. The van der Waals surface area contributed by atoms with E-state index in [4.69, 9.17) is 14.5 Å². The molecule has 0 bridgehead atoms. The summed E-state index contributed by atoms with van der Waals surface area (Å²) in [5, 5.41) is 3.28. The zero-order valence-electron chi connectivity index (χ0n) is 20.2. The highest BCUT2D eigenvalue weighted by atomic mass is 32.2. The Kier molecular flexibility index (Phi) is 6.96. The maximum Gasteiger partial charge on any atom is 0.283 e. The third-order valence-electron chi connectivity index (χ3n) is 5.79. The second-order valence-corrected chi connectivity index (χ2v) is 9.03. The molecule has 0 spiro atoms. The van der Waals surface area contributed by atoms with Crippen LogP contribution in [0.2, 0.25) is 0 Å². The number of ether oxygens (including phenoxy) is 2. The number of fused-ring (bicyclic) bond motifs is 1. The van der Waals surface area contributed by atoms with E-state index >= 15 is 0 Å². The molecular weight excluding hydrogens is 488 g/mol. The van der Waals surface area contributed by atoms with Crippen molar-refractivity contribution in [3.63, 3.8) is 0 Å². The molecule has 2 heterocycles. The number of nitrogens with one attached hydrogen (secondary N) is 2. The first-order valence-corrected chi connectivity index (χ1v) is 12.5. The van der Waals surface area contributed by atoms with Crippen LogP contribution in [-0.2, 0) is 4.79 Å². The highest BCUT2D eigenvalue weighted by Crippen LogP contribution is 2.29. The molecular formula is C28H24N4O4S. The van der Waals surface area contributed by atoms with Gasteiger partial charge in [-0.25, -0.2) is 4.98 Å². The smallest absolute Gasteiger partial charge is 0.283 e. The fourth-order valence-electron chi connectivity index (χ4n) is 3.93. The SMILES string of the molecule is COc1ccc(NC(=O)CSc2nc3c(-c4ccccc4)c[nH]c3c(=O)n2-c2ccc(OC)cc2)cc1. The van der Waals surface area contributed by atoms with Crippen LogP contribution in [0.3, 0.4) is 0 Å². The summed E-state index contributed by atoms with van der Waals surface area (Å²) in [6.07, 6.45) is 1.79. The lowest BCUT2D eigenvalue weighted by molar-refractivity contribution is -0.113. The molecule has 0 unspecified atom stereocenters. The van der Waals surface area contributed by atoms with Crippen molar-refractivity contribution in [1.82, 2.24) is 14.5 Å². The minimum atomic E-state index is -0.254. The number of carbonyl (C=O) groups excluding carboxylic acids is 1. The van der Waals surface area contributed by atoms with Crippen molar-refractivity contribution in [2.45, 2.75) is 5.16 Å². The number of methoxy groups -OCH3 is 2. The maximum absolute atomic E-state index is 13.7. The van der Waals surface area contributed by atoms with Gasteiger partial charge >= 0.3 is 0 Å². The van der Waals surface area contributed by atoms with Crippen LogP contribution in [0.25, 0.3) is 27.8 Å². The van der Waals surface area contributed by atoms with Gasteiger partial charge in [0.25, 0.3) is 5.56 Å². The minimum Gasteiger partial charge on any atom is -0.497 e. The van der Waals surface area contributed by atoms with Gasteiger partial charge in [-0.1, -0.05) is 42.1 Å². The lowest BCUT2D eigenvalue weighted by Gasteiger charge is -2.13. The number of amides is 1.